The first-order chi connectivity index (χ1) is 15.5. The molecule has 0 aliphatic carbocycles. The SMILES string of the molecule is Cc1cc(N2C(=S)N[C@H](c3ccccn3)[C@@H]2c2ccc(-c3ccc(Cl)cc3)o2)ccc1Br. The summed E-state index contributed by atoms with van der Waals surface area (Å²) < 4.78 is 7.43. The minimum absolute atomic E-state index is 0.156. The van der Waals surface area contributed by atoms with E-state index in [1.165, 1.54) is 0 Å². The molecule has 0 bridgehead atoms. The molecule has 2 aromatic heterocycles. The third-order valence-corrected chi connectivity index (χ3v) is 7.02. The summed E-state index contributed by atoms with van der Waals surface area (Å²) in [5.74, 6) is 1.58. The van der Waals surface area contributed by atoms with E-state index >= 15 is 0 Å². The van der Waals surface area contributed by atoms with Crippen LogP contribution in [0.2, 0.25) is 5.02 Å². The molecule has 1 fully saturated rings. The molecule has 0 radical (unpaired) electrons. The molecule has 1 saturated heterocycles. The van der Waals surface area contributed by atoms with Crippen LogP contribution in [-0.4, -0.2) is 10.1 Å². The van der Waals surface area contributed by atoms with Crippen molar-refractivity contribution < 1.29 is 4.42 Å². The van der Waals surface area contributed by atoms with Gasteiger partial charge in [-0.2, -0.15) is 0 Å². The molecule has 2 aromatic carbocycles. The van der Waals surface area contributed by atoms with Gasteiger partial charge in [0.05, 0.1) is 11.7 Å². The number of pyridine rings is 1. The summed E-state index contributed by atoms with van der Waals surface area (Å²) in [6.07, 6.45) is 1.80. The number of nitrogens with zero attached hydrogens (tertiary/aromatic N) is 2. The van der Waals surface area contributed by atoms with E-state index < -0.39 is 0 Å². The third kappa shape index (κ3) is 3.94. The van der Waals surface area contributed by atoms with E-state index in [4.69, 9.17) is 28.2 Å². The van der Waals surface area contributed by atoms with Crippen molar-refractivity contribution in [2.45, 2.75) is 19.0 Å². The predicted molar refractivity (Wildman–Crippen MR) is 136 cm³/mol. The topological polar surface area (TPSA) is 41.3 Å². The first-order valence-electron chi connectivity index (χ1n) is 10.1. The Morgan fingerprint density at radius 1 is 1.06 bits per heavy atom. The zero-order valence-electron chi connectivity index (χ0n) is 17.1. The van der Waals surface area contributed by atoms with Gasteiger partial charge in [-0.15, -0.1) is 0 Å². The van der Waals surface area contributed by atoms with Crippen molar-refractivity contribution in [1.29, 1.82) is 0 Å². The van der Waals surface area contributed by atoms with Crippen LogP contribution in [0.3, 0.4) is 0 Å². The van der Waals surface area contributed by atoms with Gasteiger partial charge in [0.25, 0.3) is 0 Å². The maximum absolute atomic E-state index is 6.38. The largest absolute Gasteiger partial charge is 0.459 e. The average Bonchev–Trinajstić information content (AvgIpc) is 3.41. The fraction of sp³-hybridized carbons (Fsp3) is 0.120. The van der Waals surface area contributed by atoms with Gasteiger partial charge < -0.3 is 14.6 Å². The van der Waals surface area contributed by atoms with E-state index in [9.17, 15) is 0 Å². The Balaban J connectivity index is 1.60. The molecule has 0 saturated carbocycles. The van der Waals surface area contributed by atoms with E-state index in [0.717, 1.165) is 38.5 Å². The molecule has 1 aliphatic rings. The summed E-state index contributed by atoms with van der Waals surface area (Å²) in [5.41, 5.74) is 4.00. The number of furan rings is 1. The Hall–Kier alpha value is -2.67. The van der Waals surface area contributed by atoms with Crippen LogP contribution in [0, 0.1) is 6.92 Å². The number of thiocarbonyl (C=S) groups is 1. The first kappa shape index (κ1) is 21.2. The Morgan fingerprint density at radius 2 is 1.88 bits per heavy atom. The number of benzene rings is 2. The van der Waals surface area contributed by atoms with Crippen molar-refractivity contribution in [3.63, 3.8) is 0 Å². The summed E-state index contributed by atoms with van der Waals surface area (Å²) in [4.78, 5) is 6.70. The zero-order valence-corrected chi connectivity index (χ0v) is 20.3. The van der Waals surface area contributed by atoms with Crippen LogP contribution in [-0.2, 0) is 0 Å². The molecule has 3 heterocycles. The molecule has 4 nitrogen and oxygen atoms in total. The van der Waals surface area contributed by atoms with Gasteiger partial charge in [-0.05, 0) is 91.4 Å². The predicted octanol–water partition coefficient (Wildman–Crippen LogP) is 7.24. The summed E-state index contributed by atoms with van der Waals surface area (Å²) in [6.45, 7) is 2.07. The molecular formula is C25H19BrClN3OS. The van der Waals surface area contributed by atoms with Gasteiger partial charge in [0, 0.05) is 26.9 Å². The summed E-state index contributed by atoms with van der Waals surface area (Å²) in [5, 5.41) is 4.79. The lowest BCUT2D eigenvalue weighted by Gasteiger charge is -2.26. The molecule has 1 N–H and O–H groups in total. The van der Waals surface area contributed by atoms with E-state index in [1.807, 2.05) is 60.7 Å². The average molecular weight is 525 g/mol. The van der Waals surface area contributed by atoms with Crippen LogP contribution < -0.4 is 10.2 Å². The number of rotatable bonds is 4. The summed E-state index contributed by atoms with van der Waals surface area (Å²) in [6, 6.07) is 23.4. The van der Waals surface area contributed by atoms with Crippen molar-refractivity contribution in [1.82, 2.24) is 10.3 Å². The minimum Gasteiger partial charge on any atom is -0.459 e. The minimum atomic E-state index is -0.195. The lowest BCUT2D eigenvalue weighted by atomic mass is 10.0. The second-order valence-electron chi connectivity index (χ2n) is 7.64. The maximum Gasteiger partial charge on any atom is 0.174 e. The summed E-state index contributed by atoms with van der Waals surface area (Å²) >= 11 is 15.4. The van der Waals surface area contributed by atoms with Crippen LogP contribution >= 0.6 is 39.7 Å². The van der Waals surface area contributed by atoms with Crippen LogP contribution in [0.5, 0.6) is 0 Å². The van der Waals surface area contributed by atoms with Gasteiger partial charge in [0.15, 0.2) is 5.11 Å². The number of aryl methyl sites for hydroxylation is 1. The third-order valence-electron chi connectivity index (χ3n) is 5.56. The Labute approximate surface area is 205 Å². The van der Waals surface area contributed by atoms with Crippen molar-refractivity contribution in [2.24, 2.45) is 0 Å². The Kier molecular flexibility index (Phi) is 5.76. The Morgan fingerprint density at radius 3 is 2.59 bits per heavy atom. The number of nitrogens with one attached hydrogen (secondary N) is 1. The normalized spacial score (nSPS) is 18.1. The maximum atomic E-state index is 6.38. The zero-order chi connectivity index (χ0) is 22.2. The molecule has 160 valence electrons. The van der Waals surface area contributed by atoms with E-state index in [2.05, 4.69) is 50.2 Å². The molecule has 0 amide bonds. The highest BCUT2D eigenvalue weighted by atomic mass is 79.9. The molecule has 0 spiro atoms. The summed E-state index contributed by atoms with van der Waals surface area (Å²) in [7, 11) is 0. The smallest absolute Gasteiger partial charge is 0.174 e. The lowest BCUT2D eigenvalue weighted by Crippen LogP contribution is -2.29. The molecule has 7 heteroatoms. The second-order valence-corrected chi connectivity index (χ2v) is 9.32. The highest BCUT2D eigenvalue weighted by molar-refractivity contribution is 9.10. The molecule has 1 aliphatic heterocycles. The monoisotopic (exact) mass is 523 g/mol. The highest BCUT2D eigenvalue weighted by Crippen LogP contribution is 2.43. The van der Waals surface area contributed by atoms with Crippen molar-refractivity contribution in [3.8, 4) is 11.3 Å². The number of aromatic nitrogens is 1. The first-order valence-corrected chi connectivity index (χ1v) is 11.7. The number of halogens is 2. The van der Waals surface area contributed by atoms with E-state index in [1.54, 1.807) is 6.20 Å². The fourth-order valence-corrected chi connectivity index (χ4v) is 4.70. The Bertz CT molecular complexity index is 1280. The molecular weight excluding hydrogens is 506 g/mol. The van der Waals surface area contributed by atoms with Crippen LogP contribution in [0.1, 0.15) is 29.1 Å². The van der Waals surface area contributed by atoms with Gasteiger partial charge in [0.2, 0.25) is 0 Å². The number of hydrogen-bond acceptors (Lipinski definition) is 3. The fourth-order valence-electron chi connectivity index (χ4n) is 3.98. The van der Waals surface area contributed by atoms with Crippen molar-refractivity contribution in [2.75, 3.05) is 4.90 Å². The highest BCUT2D eigenvalue weighted by Gasteiger charge is 2.42. The van der Waals surface area contributed by atoms with Gasteiger partial charge >= 0.3 is 0 Å². The lowest BCUT2D eigenvalue weighted by molar-refractivity contribution is 0.439. The quantitative estimate of drug-likeness (QED) is 0.285. The van der Waals surface area contributed by atoms with Crippen LogP contribution in [0.15, 0.2) is 87.9 Å². The molecule has 5 rings (SSSR count). The standard InChI is InChI=1S/C25H19BrClN3OS/c1-15-14-18(9-10-19(15)26)30-24(23(29-25(30)32)20-4-2-3-13-28-20)22-12-11-21(31-22)16-5-7-17(27)8-6-16/h2-14,23-24H,1H3,(H,29,32)/t23-,24+/m1/s1. The molecule has 0 unspecified atom stereocenters. The number of hydrogen-bond donors (Lipinski definition) is 1. The van der Waals surface area contributed by atoms with Gasteiger partial charge in [-0.25, -0.2) is 0 Å². The van der Waals surface area contributed by atoms with Gasteiger partial charge in [-0.1, -0.05) is 33.6 Å². The van der Waals surface area contributed by atoms with Crippen molar-refractivity contribution >= 4 is 50.5 Å². The van der Waals surface area contributed by atoms with Gasteiger partial charge in [0.1, 0.15) is 17.6 Å². The second kappa shape index (κ2) is 8.70. The van der Waals surface area contributed by atoms with Gasteiger partial charge in [-0.3, -0.25) is 4.98 Å². The van der Waals surface area contributed by atoms with Crippen LogP contribution in [0.4, 0.5) is 5.69 Å². The number of anilines is 1. The molecule has 2 atom stereocenters. The van der Waals surface area contributed by atoms with E-state index in [0.29, 0.717) is 10.1 Å². The molecule has 4 aromatic rings. The van der Waals surface area contributed by atoms with Crippen molar-refractivity contribution in [3.05, 3.63) is 106 Å². The van der Waals surface area contributed by atoms with Crippen LogP contribution in [0.25, 0.3) is 11.3 Å². The molecule has 32 heavy (non-hydrogen) atoms. The van der Waals surface area contributed by atoms with E-state index in [-0.39, 0.29) is 12.1 Å².